The predicted octanol–water partition coefficient (Wildman–Crippen LogP) is 4.98. The first-order chi connectivity index (χ1) is 13.1. The van der Waals surface area contributed by atoms with Crippen molar-refractivity contribution in [3.05, 3.63) is 70.5 Å². The number of ether oxygens (including phenoxy) is 1. The molecule has 3 nitrogen and oxygen atoms in total. The number of halogens is 1. The topological polar surface area (TPSA) is 36.3 Å². The molecule has 0 fully saturated rings. The molecular weight excluding hydrogens is 339 g/mol. The maximum Gasteiger partial charge on any atom is 0.123 e. The molecule has 1 aliphatic heterocycles. The van der Waals surface area contributed by atoms with Crippen molar-refractivity contribution in [2.24, 2.45) is 0 Å². The van der Waals surface area contributed by atoms with Gasteiger partial charge in [0.15, 0.2) is 0 Å². The lowest BCUT2D eigenvalue weighted by Crippen LogP contribution is -2.29. The van der Waals surface area contributed by atoms with E-state index in [1.165, 1.54) is 25.0 Å². The molecule has 142 valence electrons. The van der Waals surface area contributed by atoms with Crippen molar-refractivity contribution in [1.82, 2.24) is 4.90 Å². The van der Waals surface area contributed by atoms with Crippen LogP contribution in [0.3, 0.4) is 0 Å². The highest BCUT2D eigenvalue weighted by Crippen LogP contribution is 2.45. The Hall–Kier alpha value is -2.22. The summed E-state index contributed by atoms with van der Waals surface area (Å²) in [7, 11) is 2.16. The van der Waals surface area contributed by atoms with Gasteiger partial charge >= 0.3 is 0 Å². The molecule has 0 N–H and O–H groups in total. The van der Waals surface area contributed by atoms with Crippen LogP contribution in [0.5, 0.6) is 0 Å². The molecule has 0 bridgehead atoms. The SMILES string of the molecule is CCCCN(C)CCCC1(c2ccc(F)cc2)OCc2cc(C#N)ccc21. The van der Waals surface area contributed by atoms with Crippen molar-refractivity contribution in [3.8, 4) is 6.07 Å². The van der Waals surface area contributed by atoms with Crippen LogP contribution < -0.4 is 0 Å². The number of nitriles is 1. The zero-order valence-corrected chi connectivity index (χ0v) is 16.2. The Kier molecular flexibility index (Phi) is 6.26. The van der Waals surface area contributed by atoms with Crippen LogP contribution in [0.1, 0.15) is 54.9 Å². The summed E-state index contributed by atoms with van der Waals surface area (Å²) in [5, 5.41) is 9.18. The number of hydrogen-bond donors (Lipinski definition) is 0. The lowest BCUT2D eigenvalue weighted by atomic mass is 9.81. The van der Waals surface area contributed by atoms with Crippen LogP contribution in [0.15, 0.2) is 42.5 Å². The van der Waals surface area contributed by atoms with Crippen LogP contribution in [0, 0.1) is 17.1 Å². The van der Waals surface area contributed by atoms with Crippen LogP contribution >= 0.6 is 0 Å². The Morgan fingerprint density at radius 1 is 1.15 bits per heavy atom. The first kappa shape index (κ1) is 19.5. The first-order valence-corrected chi connectivity index (χ1v) is 9.71. The second-order valence-corrected chi connectivity index (χ2v) is 7.37. The minimum atomic E-state index is -0.567. The van der Waals surface area contributed by atoms with E-state index in [0.717, 1.165) is 42.6 Å². The lowest BCUT2D eigenvalue weighted by Gasteiger charge is -2.31. The highest BCUT2D eigenvalue weighted by Gasteiger charge is 2.41. The molecule has 3 rings (SSSR count). The second kappa shape index (κ2) is 8.65. The molecule has 4 heteroatoms. The van der Waals surface area contributed by atoms with E-state index in [0.29, 0.717) is 12.2 Å². The fourth-order valence-corrected chi connectivity index (χ4v) is 3.90. The van der Waals surface area contributed by atoms with Crippen LogP contribution in [0.4, 0.5) is 4.39 Å². The van der Waals surface area contributed by atoms with Crippen molar-refractivity contribution in [3.63, 3.8) is 0 Å². The van der Waals surface area contributed by atoms with Gasteiger partial charge in [-0.25, -0.2) is 4.39 Å². The van der Waals surface area contributed by atoms with E-state index in [2.05, 4.69) is 24.9 Å². The van der Waals surface area contributed by atoms with Crippen molar-refractivity contribution in [2.75, 3.05) is 20.1 Å². The molecule has 1 aliphatic rings. The Morgan fingerprint density at radius 3 is 2.59 bits per heavy atom. The molecule has 0 amide bonds. The van der Waals surface area contributed by atoms with Gasteiger partial charge in [-0.1, -0.05) is 31.5 Å². The van der Waals surface area contributed by atoms with Crippen LogP contribution in [0.2, 0.25) is 0 Å². The van der Waals surface area contributed by atoms with Crippen LogP contribution in [0.25, 0.3) is 0 Å². The molecule has 0 saturated carbocycles. The molecule has 0 spiro atoms. The Bertz CT molecular complexity index is 812. The average Bonchev–Trinajstić information content (AvgIpc) is 3.05. The molecule has 0 saturated heterocycles. The molecule has 1 heterocycles. The third-order valence-corrected chi connectivity index (χ3v) is 5.42. The number of rotatable bonds is 8. The fourth-order valence-electron chi connectivity index (χ4n) is 3.90. The summed E-state index contributed by atoms with van der Waals surface area (Å²) in [5.41, 5.74) is 3.21. The van der Waals surface area contributed by atoms with Gasteiger partial charge in [-0.3, -0.25) is 0 Å². The van der Waals surface area contributed by atoms with E-state index in [1.807, 2.05) is 30.3 Å². The lowest BCUT2D eigenvalue weighted by molar-refractivity contribution is -0.0142. The maximum atomic E-state index is 13.5. The first-order valence-electron chi connectivity index (χ1n) is 9.71. The van der Waals surface area contributed by atoms with E-state index >= 15 is 0 Å². The van der Waals surface area contributed by atoms with Crippen molar-refractivity contribution < 1.29 is 9.13 Å². The summed E-state index contributed by atoms with van der Waals surface area (Å²) in [6, 6.07) is 14.6. The molecule has 2 aromatic carbocycles. The molecule has 27 heavy (non-hydrogen) atoms. The van der Waals surface area contributed by atoms with E-state index in [9.17, 15) is 9.65 Å². The van der Waals surface area contributed by atoms with Gasteiger partial charge in [-0.2, -0.15) is 5.26 Å². The monoisotopic (exact) mass is 366 g/mol. The van der Waals surface area contributed by atoms with Gasteiger partial charge in [0.2, 0.25) is 0 Å². The summed E-state index contributed by atoms with van der Waals surface area (Å²) in [4.78, 5) is 2.36. The number of unbranched alkanes of at least 4 members (excludes halogenated alkanes) is 1. The zero-order valence-electron chi connectivity index (χ0n) is 16.2. The van der Waals surface area contributed by atoms with Crippen molar-refractivity contribution >= 4 is 0 Å². The van der Waals surface area contributed by atoms with Gasteiger partial charge < -0.3 is 9.64 Å². The Labute approximate surface area is 161 Å². The van der Waals surface area contributed by atoms with E-state index in [4.69, 9.17) is 4.74 Å². The van der Waals surface area contributed by atoms with Gasteiger partial charge in [0.1, 0.15) is 11.4 Å². The van der Waals surface area contributed by atoms with Crippen molar-refractivity contribution in [1.29, 1.82) is 5.26 Å². The Balaban J connectivity index is 1.86. The molecule has 0 aromatic heterocycles. The van der Waals surface area contributed by atoms with E-state index < -0.39 is 5.60 Å². The Morgan fingerprint density at radius 2 is 1.89 bits per heavy atom. The van der Waals surface area contributed by atoms with Gasteiger partial charge in [0.25, 0.3) is 0 Å². The number of fused-ring (bicyclic) bond motifs is 1. The largest absolute Gasteiger partial charge is 0.361 e. The third kappa shape index (κ3) is 4.21. The van der Waals surface area contributed by atoms with Gasteiger partial charge in [-0.05, 0) is 80.4 Å². The van der Waals surface area contributed by atoms with Gasteiger partial charge in [0, 0.05) is 0 Å². The highest BCUT2D eigenvalue weighted by atomic mass is 19.1. The predicted molar refractivity (Wildman–Crippen MR) is 105 cm³/mol. The van der Waals surface area contributed by atoms with Gasteiger partial charge in [-0.15, -0.1) is 0 Å². The molecule has 0 radical (unpaired) electrons. The van der Waals surface area contributed by atoms with Crippen molar-refractivity contribution in [2.45, 2.75) is 44.8 Å². The number of benzene rings is 2. The fraction of sp³-hybridized carbons (Fsp3) is 0.435. The second-order valence-electron chi connectivity index (χ2n) is 7.37. The third-order valence-electron chi connectivity index (χ3n) is 5.42. The number of nitrogens with zero attached hydrogens (tertiary/aromatic N) is 2. The summed E-state index contributed by atoms with van der Waals surface area (Å²) in [6.45, 7) is 4.78. The summed E-state index contributed by atoms with van der Waals surface area (Å²) in [6.07, 6.45) is 4.21. The molecule has 1 unspecified atom stereocenters. The summed E-state index contributed by atoms with van der Waals surface area (Å²) in [5.74, 6) is -0.244. The smallest absolute Gasteiger partial charge is 0.123 e. The minimum Gasteiger partial charge on any atom is -0.361 e. The quantitative estimate of drug-likeness (QED) is 0.661. The zero-order chi connectivity index (χ0) is 19.3. The van der Waals surface area contributed by atoms with Crippen LogP contribution in [-0.4, -0.2) is 25.0 Å². The normalized spacial score (nSPS) is 18.5. The number of hydrogen-bond acceptors (Lipinski definition) is 3. The molecule has 0 aliphatic carbocycles. The van der Waals surface area contributed by atoms with Gasteiger partial charge in [0.05, 0.1) is 18.2 Å². The summed E-state index contributed by atoms with van der Waals surface area (Å²) >= 11 is 0. The van der Waals surface area contributed by atoms with Crippen LogP contribution in [-0.2, 0) is 16.9 Å². The standard InChI is InChI=1S/C23H27FN2O/c1-3-4-13-26(2)14-5-12-23(20-7-9-21(24)10-8-20)22-11-6-18(16-25)15-19(22)17-27-23/h6-11,15H,3-5,12-14,17H2,1-2H3. The maximum absolute atomic E-state index is 13.5. The molecule has 2 aromatic rings. The minimum absolute atomic E-state index is 0.244. The summed E-state index contributed by atoms with van der Waals surface area (Å²) < 4.78 is 19.8. The van der Waals surface area contributed by atoms with E-state index in [1.54, 1.807) is 0 Å². The highest BCUT2D eigenvalue weighted by molar-refractivity contribution is 5.47. The van der Waals surface area contributed by atoms with E-state index in [-0.39, 0.29) is 5.82 Å². The average molecular weight is 366 g/mol. The molecule has 1 atom stereocenters. The molecular formula is C23H27FN2O.